The Morgan fingerprint density at radius 2 is 1.87 bits per heavy atom. The zero-order chi connectivity index (χ0) is 22.2. The molecule has 4 rings (SSSR count). The predicted molar refractivity (Wildman–Crippen MR) is 124 cm³/mol. The van der Waals surface area contributed by atoms with Crippen molar-refractivity contribution >= 4 is 42.6 Å². The van der Waals surface area contributed by atoms with Crippen molar-refractivity contribution in [2.75, 3.05) is 12.0 Å². The second-order valence-corrected chi connectivity index (χ2v) is 10.9. The van der Waals surface area contributed by atoms with Crippen molar-refractivity contribution < 1.29 is 13.2 Å². The molecule has 2 heterocycles. The van der Waals surface area contributed by atoms with Gasteiger partial charge in [-0.05, 0) is 75.1 Å². The van der Waals surface area contributed by atoms with E-state index in [9.17, 15) is 13.2 Å². The van der Waals surface area contributed by atoms with E-state index in [0.29, 0.717) is 17.2 Å². The number of fused-ring (bicyclic) bond motifs is 1. The van der Waals surface area contributed by atoms with Gasteiger partial charge in [-0.2, -0.15) is 4.31 Å². The van der Waals surface area contributed by atoms with Crippen LogP contribution >= 0.6 is 11.3 Å². The number of carbonyl (C=O) groups is 1. The monoisotopic (exact) mass is 458 g/mol. The number of benzene rings is 2. The number of rotatable bonds is 5. The summed E-state index contributed by atoms with van der Waals surface area (Å²) in [5, 5.41) is 0.593. The molecule has 7 nitrogen and oxygen atoms in total. The molecule has 0 saturated carbocycles. The third-order valence-electron chi connectivity index (χ3n) is 5.83. The van der Waals surface area contributed by atoms with Crippen LogP contribution in [0.1, 0.15) is 47.7 Å². The highest BCUT2D eigenvalue weighted by molar-refractivity contribution is 7.89. The highest BCUT2D eigenvalue weighted by Gasteiger charge is 2.30. The fourth-order valence-electron chi connectivity index (χ4n) is 3.80. The van der Waals surface area contributed by atoms with E-state index in [1.54, 1.807) is 4.31 Å². The first-order valence-electron chi connectivity index (χ1n) is 10.3. The van der Waals surface area contributed by atoms with Crippen molar-refractivity contribution in [3.8, 4) is 0 Å². The first kappa shape index (κ1) is 21.7. The topological polar surface area (TPSA) is 91.4 Å². The summed E-state index contributed by atoms with van der Waals surface area (Å²) in [4.78, 5) is 17.3. The number of carbonyl (C=O) groups excluding carboxylic acids is 1. The Morgan fingerprint density at radius 1 is 1.13 bits per heavy atom. The summed E-state index contributed by atoms with van der Waals surface area (Å²) in [7, 11) is -3.55. The van der Waals surface area contributed by atoms with E-state index in [1.165, 1.54) is 41.2 Å². The lowest BCUT2D eigenvalue weighted by atomic mass is 10.1. The first-order valence-corrected chi connectivity index (χ1v) is 12.6. The number of anilines is 1. The van der Waals surface area contributed by atoms with Crippen molar-refractivity contribution in [3.63, 3.8) is 0 Å². The highest BCUT2D eigenvalue weighted by atomic mass is 32.2. The summed E-state index contributed by atoms with van der Waals surface area (Å²) in [5.41, 5.74) is 9.07. The molecule has 0 aliphatic carbocycles. The third-order valence-corrected chi connectivity index (χ3v) is 8.80. The van der Waals surface area contributed by atoms with Crippen molar-refractivity contribution in [1.82, 2.24) is 14.7 Å². The summed E-state index contributed by atoms with van der Waals surface area (Å²) < 4.78 is 28.5. The molecule has 0 radical (unpaired) electrons. The van der Waals surface area contributed by atoms with Gasteiger partial charge in [0.05, 0.1) is 15.1 Å². The molecule has 1 aliphatic heterocycles. The molecule has 1 saturated heterocycles. The minimum Gasteiger partial charge on any atom is -0.273 e. The first-order chi connectivity index (χ1) is 14.8. The molecule has 0 bridgehead atoms. The van der Waals surface area contributed by atoms with Crippen LogP contribution < -0.4 is 10.9 Å². The van der Waals surface area contributed by atoms with Gasteiger partial charge in [-0.3, -0.25) is 15.6 Å². The quantitative estimate of drug-likeness (QED) is 0.558. The van der Waals surface area contributed by atoms with Gasteiger partial charge in [0.2, 0.25) is 15.2 Å². The number of hydrogen-bond donors (Lipinski definition) is 2. The van der Waals surface area contributed by atoms with Crippen LogP contribution in [0.2, 0.25) is 0 Å². The number of aromatic nitrogens is 1. The van der Waals surface area contributed by atoms with Gasteiger partial charge in [0.1, 0.15) is 0 Å². The smallest absolute Gasteiger partial charge is 0.269 e. The summed E-state index contributed by atoms with van der Waals surface area (Å²) in [6, 6.07) is 10.1. The second kappa shape index (κ2) is 8.57. The molecule has 1 amide bonds. The van der Waals surface area contributed by atoms with Crippen LogP contribution in [0.25, 0.3) is 10.2 Å². The zero-order valence-corrected chi connectivity index (χ0v) is 19.4. The fourth-order valence-corrected chi connectivity index (χ4v) is 6.38. The van der Waals surface area contributed by atoms with E-state index in [-0.39, 0.29) is 16.8 Å². The molecule has 164 valence electrons. The number of sulfonamides is 1. The maximum atomic E-state index is 12.9. The van der Waals surface area contributed by atoms with Crippen LogP contribution in [-0.4, -0.2) is 36.2 Å². The van der Waals surface area contributed by atoms with Gasteiger partial charge in [-0.1, -0.05) is 23.8 Å². The third kappa shape index (κ3) is 4.30. The number of nitrogens with zero attached hydrogens (tertiary/aromatic N) is 2. The number of thiazole rings is 1. The summed E-state index contributed by atoms with van der Waals surface area (Å²) in [6.45, 7) is 6.55. The van der Waals surface area contributed by atoms with Gasteiger partial charge in [-0.25, -0.2) is 13.4 Å². The lowest BCUT2D eigenvalue weighted by molar-refractivity contribution is 0.0962. The Hall–Kier alpha value is -2.49. The standard InChI is InChI=1S/C22H26N4O3S2/c1-14-7-12-19-20(16(14)3)23-22(30-19)25-24-21(27)17-8-10-18(11-9-17)31(28,29)26-13-5-4-6-15(26)2/h7-12,15H,4-6,13H2,1-3H3,(H,23,25)(H,24,27)/t15-/m1/s1. The molecule has 1 aromatic heterocycles. The van der Waals surface area contributed by atoms with Crippen LogP contribution in [0, 0.1) is 13.8 Å². The van der Waals surface area contributed by atoms with E-state index < -0.39 is 10.0 Å². The van der Waals surface area contributed by atoms with Crippen molar-refractivity contribution in [1.29, 1.82) is 0 Å². The molecule has 1 aliphatic rings. The predicted octanol–water partition coefficient (Wildman–Crippen LogP) is 4.23. The van der Waals surface area contributed by atoms with Gasteiger partial charge in [0.25, 0.3) is 5.91 Å². The lowest BCUT2D eigenvalue weighted by Crippen LogP contribution is -2.41. The van der Waals surface area contributed by atoms with Crippen LogP contribution in [0.3, 0.4) is 0 Å². The van der Waals surface area contributed by atoms with Crippen molar-refractivity contribution in [2.45, 2.75) is 51.0 Å². The van der Waals surface area contributed by atoms with Gasteiger partial charge in [0.15, 0.2) is 0 Å². The number of hydrogen-bond acceptors (Lipinski definition) is 6. The SMILES string of the molecule is Cc1ccc2sc(NNC(=O)c3ccc(S(=O)(=O)N4CCCC[C@H]4C)cc3)nc2c1C. The molecule has 1 atom stereocenters. The Labute approximate surface area is 186 Å². The number of aryl methyl sites for hydroxylation is 2. The molecule has 0 unspecified atom stereocenters. The molecule has 0 spiro atoms. The van der Waals surface area contributed by atoms with E-state index in [4.69, 9.17) is 0 Å². The second-order valence-electron chi connectivity index (χ2n) is 7.94. The zero-order valence-electron chi connectivity index (χ0n) is 17.8. The molecule has 2 N–H and O–H groups in total. The summed E-state index contributed by atoms with van der Waals surface area (Å²) >= 11 is 1.46. The van der Waals surface area contributed by atoms with Crippen LogP contribution in [0.5, 0.6) is 0 Å². The minimum absolute atomic E-state index is 0.00726. The van der Waals surface area contributed by atoms with Crippen LogP contribution in [0.15, 0.2) is 41.3 Å². The molecular formula is C22H26N4O3S2. The molecule has 2 aromatic carbocycles. The summed E-state index contributed by atoms with van der Waals surface area (Å²) in [6.07, 6.45) is 2.80. The molecule has 9 heteroatoms. The van der Waals surface area contributed by atoms with E-state index in [1.807, 2.05) is 26.8 Å². The van der Waals surface area contributed by atoms with Crippen molar-refractivity contribution in [3.05, 3.63) is 53.1 Å². The summed E-state index contributed by atoms with van der Waals surface area (Å²) in [5.74, 6) is -0.359. The number of hydrazine groups is 1. The minimum atomic E-state index is -3.55. The Kier molecular flexibility index (Phi) is 6.00. The highest BCUT2D eigenvalue weighted by Crippen LogP contribution is 2.29. The normalized spacial score (nSPS) is 17.6. The molecular weight excluding hydrogens is 432 g/mol. The maximum Gasteiger partial charge on any atom is 0.269 e. The average molecular weight is 459 g/mol. The Morgan fingerprint density at radius 3 is 2.58 bits per heavy atom. The Balaban J connectivity index is 1.44. The molecule has 1 fully saturated rings. The van der Waals surface area contributed by atoms with Crippen LogP contribution in [-0.2, 0) is 10.0 Å². The largest absolute Gasteiger partial charge is 0.273 e. The molecule has 31 heavy (non-hydrogen) atoms. The van der Waals surface area contributed by atoms with E-state index in [2.05, 4.69) is 21.9 Å². The molecule has 3 aromatic rings. The maximum absolute atomic E-state index is 12.9. The number of piperidine rings is 1. The number of nitrogens with one attached hydrogen (secondary N) is 2. The van der Waals surface area contributed by atoms with Gasteiger partial charge < -0.3 is 0 Å². The number of amides is 1. The average Bonchev–Trinajstić information content (AvgIpc) is 3.19. The Bertz CT molecular complexity index is 1220. The van der Waals surface area contributed by atoms with Crippen molar-refractivity contribution in [2.24, 2.45) is 0 Å². The van der Waals surface area contributed by atoms with Crippen LogP contribution in [0.4, 0.5) is 5.13 Å². The van der Waals surface area contributed by atoms with Gasteiger partial charge >= 0.3 is 0 Å². The van der Waals surface area contributed by atoms with E-state index in [0.717, 1.165) is 35.0 Å². The van der Waals surface area contributed by atoms with Gasteiger partial charge in [-0.15, -0.1) is 0 Å². The van der Waals surface area contributed by atoms with E-state index >= 15 is 0 Å². The van der Waals surface area contributed by atoms with Gasteiger partial charge in [0, 0.05) is 18.2 Å². The fraction of sp³-hybridized carbons (Fsp3) is 0.364. The lowest BCUT2D eigenvalue weighted by Gasteiger charge is -2.32.